The summed E-state index contributed by atoms with van der Waals surface area (Å²) in [4.78, 5) is 34.5. The lowest BCUT2D eigenvalue weighted by molar-refractivity contribution is -0.140. The molecule has 21 heavy (non-hydrogen) atoms. The molecule has 0 saturated heterocycles. The summed E-state index contributed by atoms with van der Waals surface area (Å²) in [5.74, 6) is -2.58. The molecule has 0 fully saturated rings. The molecule has 1 aromatic carbocycles. The fourth-order valence-corrected chi connectivity index (χ4v) is 3.13. The van der Waals surface area contributed by atoms with Crippen LogP contribution in [0.25, 0.3) is 10.1 Å². The first-order valence-electron chi connectivity index (χ1n) is 6.20. The first-order valence-corrected chi connectivity index (χ1v) is 7.02. The van der Waals surface area contributed by atoms with Crippen molar-refractivity contribution in [3.63, 3.8) is 0 Å². The highest BCUT2D eigenvalue weighted by Gasteiger charge is 2.24. The van der Waals surface area contributed by atoms with Crippen molar-refractivity contribution in [1.82, 2.24) is 5.32 Å². The average molecular weight is 306 g/mol. The lowest BCUT2D eigenvalue weighted by atomic mass is 10.1. The molecule has 0 bridgehead atoms. The Morgan fingerprint density at radius 2 is 2.00 bits per heavy atom. The third-order valence-electron chi connectivity index (χ3n) is 3.06. The molecule has 2 aromatic rings. The molecule has 1 atom stereocenters. The quantitative estimate of drug-likeness (QED) is 0.772. The van der Waals surface area contributed by atoms with Gasteiger partial charge in [-0.2, -0.15) is 0 Å². The number of carbonyl (C=O) groups is 3. The van der Waals surface area contributed by atoms with Crippen LogP contribution in [-0.2, 0) is 9.59 Å². The van der Waals surface area contributed by atoms with E-state index < -0.39 is 30.2 Å². The smallest absolute Gasteiger partial charge is 0.326 e. The minimum absolute atomic E-state index is 0.437. The number of rotatable bonds is 5. The van der Waals surface area contributed by atoms with Gasteiger partial charge >= 0.3 is 5.97 Å². The van der Waals surface area contributed by atoms with Crippen molar-refractivity contribution in [2.45, 2.75) is 19.4 Å². The van der Waals surface area contributed by atoms with Gasteiger partial charge in [0.05, 0.1) is 11.3 Å². The second kappa shape index (κ2) is 5.92. The number of hydrogen-bond donors (Lipinski definition) is 3. The third kappa shape index (κ3) is 3.19. The summed E-state index contributed by atoms with van der Waals surface area (Å²) in [5, 5.41) is 12.3. The molecule has 1 unspecified atom stereocenters. The van der Waals surface area contributed by atoms with E-state index in [4.69, 9.17) is 10.8 Å². The Hall–Kier alpha value is -2.41. The van der Waals surface area contributed by atoms with Crippen LogP contribution < -0.4 is 11.1 Å². The molecule has 4 N–H and O–H groups in total. The Morgan fingerprint density at radius 1 is 1.33 bits per heavy atom. The number of amides is 2. The van der Waals surface area contributed by atoms with Crippen molar-refractivity contribution >= 4 is 39.2 Å². The Labute approximate surface area is 124 Å². The molecule has 0 spiro atoms. The van der Waals surface area contributed by atoms with Crippen LogP contribution in [0.3, 0.4) is 0 Å². The van der Waals surface area contributed by atoms with Crippen LogP contribution >= 0.6 is 11.3 Å². The lowest BCUT2D eigenvalue weighted by Crippen LogP contribution is -2.43. The van der Waals surface area contributed by atoms with Gasteiger partial charge < -0.3 is 16.2 Å². The molecule has 0 aliphatic heterocycles. The normalized spacial score (nSPS) is 12.0. The highest BCUT2D eigenvalue weighted by Crippen LogP contribution is 2.30. The summed E-state index contributed by atoms with van der Waals surface area (Å²) in [6.07, 6.45) is -0.439. The first kappa shape index (κ1) is 15.0. The summed E-state index contributed by atoms with van der Waals surface area (Å²) >= 11 is 1.28. The van der Waals surface area contributed by atoms with E-state index in [1.165, 1.54) is 11.3 Å². The van der Waals surface area contributed by atoms with Crippen molar-refractivity contribution in [1.29, 1.82) is 0 Å². The fourth-order valence-electron chi connectivity index (χ4n) is 2.02. The summed E-state index contributed by atoms with van der Waals surface area (Å²) in [6.45, 7) is 1.80. The molecule has 1 heterocycles. The number of nitrogens with one attached hydrogen (secondary N) is 1. The average Bonchev–Trinajstić information content (AvgIpc) is 2.75. The van der Waals surface area contributed by atoms with Gasteiger partial charge in [0.25, 0.3) is 5.91 Å². The van der Waals surface area contributed by atoms with Gasteiger partial charge in [-0.25, -0.2) is 4.79 Å². The van der Waals surface area contributed by atoms with E-state index in [1.54, 1.807) is 6.92 Å². The number of carbonyl (C=O) groups excluding carboxylic acids is 2. The van der Waals surface area contributed by atoms with Gasteiger partial charge in [-0.15, -0.1) is 11.3 Å². The summed E-state index contributed by atoms with van der Waals surface area (Å²) in [5.41, 5.74) is 5.77. The molecule has 6 nitrogen and oxygen atoms in total. The molecule has 0 radical (unpaired) electrons. The number of carboxylic acid groups (broad SMARTS) is 1. The third-order valence-corrected chi connectivity index (χ3v) is 4.33. The highest BCUT2D eigenvalue weighted by molar-refractivity contribution is 7.21. The molecule has 2 rings (SSSR count). The predicted octanol–water partition coefficient (Wildman–Crippen LogP) is 1.27. The second-order valence-corrected chi connectivity index (χ2v) is 5.64. The van der Waals surface area contributed by atoms with Crippen molar-refractivity contribution < 1.29 is 19.5 Å². The van der Waals surface area contributed by atoms with Crippen LogP contribution in [-0.4, -0.2) is 28.9 Å². The molecule has 0 saturated carbocycles. The van der Waals surface area contributed by atoms with E-state index >= 15 is 0 Å². The fraction of sp³-hybridized carbons (Fsp3) is 0.214. The zero-order chi connectivity index (χ0) is 15.6. The van der Waals surface area contributed by atoms with Crippen LogP contribution in [0.1, 0.15) is 21.7 Å². The SMILES string of the molecule is Cc1c(C(=O)NC(CC(N)=O)C(=O)O)sc2ccccc12. The van der Waals surface area contributed by atoms with Gasteiger partial charge in [-0.05, 0) is 23.9 Å². The standard InChI is InChI=1S/C14H14N2O4S/c1-7-8-4-2-3-5-10(8)21-12(7)13(18)16-9(14(19)20)6-11(15)17/h2-5,9H,6H2,1H3,(H2,15,17)(H,16,18)(H,19,20). The number of hydrogen-bond acceptors (Lipinski definition) is 4. The highest BCUT2D eigenvalue weighted by atomic mass is 32.1. The topological polar surface area (TPSA) is 109 Å². The number of aryl methyl sites for hydroxylation is 1. The second-order valence-electron chi connectivity index (χ2n) is 4.59. The summed E-state index contributed by atoms with van der Waals surface area (Å²) in [6, 6.07) is 6.21. The molecular formula is C14H14N2O4S. The van der Waals surface area contributed by atoms with Crippen LogP contribution in [0, 0.1) is 6.92 Å². The maximum atomic E-state index is 12.2. The number of thiophene rings is 1. The first-order chi connectivity index (χ1) is 9.90. The summed E-state index contributed by atoms with van der Waals surface area (Å²) in [7, 11) is 0. The van der Waals surface area contributed by atoms with E-state index in [0.717, 1.165) is 15.6 Å². The molecule has 0 aliphatic rings. The van der Waals surface area contributed by atoms with Gasteiger partial charge in [0.1, 0.15) is 6.04 Å². The molecular weight excluding hydrogens is 292 g/mol. The molecule has 1 aromatic heterocycles. The van der Waals surface area contributed by atoms with E-state index in [9.17, 15) is 14.4 Å². The lowest BCUT2D eigenvalue weighted by Gasteiger charge is -2.12. The number of benzene rings is 1. The van der Waals surface area contributed by atoms with Crippen LogP contribution in [0.15, 0.2) is 24.3 Å². The summed E-state index contributed by atoms with van der Waals surface area (Å²) < 4.78 is 0.946. The number of carboxylic acids is 1. The molecule has 7 heteroatoms. The van der Waals surface area contributed by atoms with Crippen molar-refractivity contribution in [2.24, 2.45) is 5.73 Å². The van der Waals surface area contributed by atoms with Gasteiger partial charge in [0.2, 0.25) is 5.91 Å². The van der Waals surface area contributed by atoms with Crippen molar-refractivity contribution in [3.05, 3.63) is 34.7 Å². The zero-order valence-electron chi connectivity index (χ0n) is 11.3. The van der Waals surface area contributed by atoms with E-state index in [0.29, 0.717) is 4.88 Å². The van der Waals surface area contributed by atoms with E-state index in [1.807, 2.05) is 24.3 Å². The van der Waals surface area contributed by atoms with Gasteiger partial charge in [0, 0.05) is 4.70 Å². The number of aliphatic carboxylic acids is 1. The van der Waals surface area contributed by atoms with Crippen LogP contribution in [0.4, 0.5) is 0 Å². The van der Waals surface area contributed by atoms with Crippen molar-refractivity contribution in [2.75, 3.05) is 0 Å². The Balaban J connectivity index is 2.27. The number of primary amides is 1. The Morgan fingerprint density at radius 3 is 2.57 bits per heavy atom. The minimum Gasteiger partial charge on any atom is -0.480 e. The van der Waals surface area contributed by atoms with Gasteiger partial charge in [0.15, 0.2) is 0 Å². The van der Waals surface area contributed by atoms with Gasteiger partial charge in [-0.3, -0.25) is 9.59 Å². The maximum Gasteiger partial charge on any atom is 0.326 e. The van der Waals surface area contributed by atoms with E-state index in [2.05, 4.69) is 5.32 Å². The molecule has 0 aliphatic carbocycles. The zero-order valence-corrected chi connectivity index (χ0v) is 12.1. The maximum absolute atomic E-state index is 12.2. The van der Waals surface area contributed by atoms with Crippen molar-refractivity contribution in [3.8, 4) is 0 Å². The van der Waals surface area contributed by atoms with Crippen LogP contribution in [0.5, 0.6) is 0 Å². The number of nitrogens with two attached hydrogens (primary N) is 1. The predicted molar refractivity (Wildman–Crippen MR) is 79.3 cm³/mol. The van der Waals surface area contributed by atoms with Crippen LogP contribution in [0.2, 0.25) is 0 Å². The van der Waals surface area contributed by atoms with Gasteiger partial charge in [-0.1, -0.05) is 18.2 Å². The minimum atomic E-state index is -1.32. The molecule has 2 amide bonds. The van der Waals surface area contributed by atoms with E-state index in [-0.39, 0.29) is 0 Å². The Bertz CT molecular complexity index is 723. The monoisotopic (exact) mass is 306 g/mol. The number of fused-ring (bicyclic) bond motifs is 1. The molecule has 110 valence electrons. The Kier molecular flexibility index (Phi) is 4.23. The largest absolute Gasteiger partial charge is 0.480 e.